The molecule has 1 rings (SSSR count). The quantitative estimate of drug-likeness (QED) is 0.778. The number of nitrogens with zero attached hydrogens (tertiary/aromatic N) is 2. The van der Waals surface area contributed by atoms with Gasteiger partial charge in [0.25, 0.3) is 0 Å². The molecule has 0 spiro atoms. The van der Waals surface area contributed by atoms with Crippen molar-refractivity contribution in [2.75, 3.05) is 19.7 Å². The number of rotatable bonds is 7. The summed E-state index contributed by atoms with van der Waals surface area (Å²) < 4.78 is 13.7. The standard InChI is InChI=1S/C8H12BrN3O2S/c1-6(9)2-10-3-7(13)5-14-8-4-11-15-12-8/h4,7,10,13H,1-3,5H2. The first-order valence-electron chi connectivity index (χ1n) is 4.31. The monoisotopic (exact) mass is 293 g/mol. The van der Waals surface area contributed by atoms with Crippen molar-refractivity contribution in [3.63, 3.8) is 0 Å². The van der Waals surface area contributed by atoms with Gasteiger partial charge in [0.05, 0.1) is 11.7 Å². The number of hydrogen-bond acceptors (Lipinski definition) is 6. The highest BCUT2D eigenvalue weighted by Crippen LogP contribution is 2.05. The molecule has 0 saturated carbocycles. The molecule has 0 amide bonds. The lowest BCUT2D eigenvalue weighted by atomic mass is 10.4. The van der Waals surface area contributed by atoms with E-state index in [1.807, 2.05) is 0 Å². The van der Waals surface area contributed by atoms with Gasteiger partial charge >= 0.3 is 0 Å². The van der Waals surface area contributed by atoms with Crippen LogP contribution in [0.4, 0.5) is 0 Å². The van der Waals surface area contributed by atoms with Crippen molar-refractivity contribution in [2.45, 2.75) is 6.10 Å². The van der Waals surface area contributed by atoms with Gasteiger partial charge in [-0.15, -0.1) is 4.37 Å². The smallest absolute Gasteiger partial charge is 0.245 e. The van der Waals surface area contributed by atoms with Gasteiger partial charge in [0, 0.05) is 17.6 Å². The van der Waals surface area contributed by atoms with Crippen LogP contribution in [0.15, 0.2) is 17.3 Å². The number of aliphatic hydroxyl groups excluding tert-OH is 1. The Balaban J connectivity index is 2.08. The molecule has 84 valence electrons. The molecular formula is C8H12BrN3O2S. The zero-order valence-corrected chi connectivity index (χ0v) is 10.4. The van der Waals surface area contributed by atoms with E-state index in [1.165, 1.54) is 6.20 Å². The van der Waals surface area contributed by atoms with Crippen molar-refractivity contribution >= 4 is 27.7 Å². The van der Waals surface area contributed by atoms with Gasteiger partial charge in [-0.3, -0.25) is 0 Å². The maximum Gasteiger partial charge on any atom is 0.245 e. The SMILES string of the molecule is C=C(Br)CNCC(O)COc1cnsn1. The van der Waals surface area contributed by atoms with E-state index in [1.54, 1.807) is 0 Å². The minimum Gasteiger partial charge on any atom is -0.473 e. The largest absolute Gasteiger partial charge is 0.473 e. The predicted octanol–water partition coefficient (Wildman–Crippen LogP) is 0.776. The van der Waals surface area contributed by atoms with E-state index in [9.17, 15) is 5.11 Å². The van der Waals surface area contributed by atoms with E-state index in [0.717, 1.165) is 16.2 Å². The van der Waals surface area contributed by atoms with Crippen LogP contribution in [-0.4, -0.2) is 39.7 Å². The van der Waals surface area contributed by atoms with E-state index < -0.39 is 6.10 Å². The third-order valence-corrected chi connectivity index (χ3v) is 2.20. The van der Waals surface area contributed by atoms with Crippen LogP contribution in [0, 0.1) is 0 Å². The van der Waals surface area contributed by atoms with Crippen molar-refractivity contribution in [3.8, 4) is 5.88 Å². The second-order valence-corrected chi connectivity index (χ2v) is 4.54. The van der Waals surface area contributed by atoms with E-state index >= 15 is 0 Å². The van der Waals surface area contributed by atoms with Crippen molar-refractivity contribution in [1.29, 1.82) is 0 Å². The number of aromatic nitrogens is 2. The van der Waals surface area contributed by atoms with Crippen LogP contribution >= 0.6 is 27.7 Å². The summed E-state index contributed by atoms with van der Waals surface area (Å²) in [5.41, 5.74) is 0. The van der Waals surface area contributed by atoms with Crippen LogP contribution in [0.25, 0.3) is 0 Å². The van der Waals surface area contributed by atoms with Gasteiger partial charge in [0.2, 0.25) is 5.88 Å². The van der Waals surface area contributed by atoms with Crippen molar-refractivity contribution in [2.24, 2.45) is 0 Å². The summed E-state index contributed by atoms with van der Waals surface area (Å²) in [7, 11) is 0. The maximum absolute atomic E-state index is 9.48. The van der Waals surface area contributed by atoms with Crippen LogP contribution < -0.4 is 10.1 Å². The van der Waals surface area contributed by atoms with Crippen LogP contribution in [0.3, 0.4) is 0 Å². The third-order valence-electron chi connectivity index (χ3n) is 1.46. The molecule has 0 fully saturated rings. The Morgan fingerprint density at radius 2 is 2.60 bits per heavy atom. The van der Waals surface area contributed by atoms with Crippen LogP contribution in [0.2, 0.25) is 0 Å². The molecule has 0 aliphatic rings. The van der Waals surface area contributed by atoms with Gasteiger partial charge < -0.3 is 15.2 Å². The zero-order valence-electron chi connectivity index (χ0n) is 8.02. The molecule has 0 aliphatic carbocycles. The van der Waals surface area contributed by atoms with E-state index in [2.05, 4.69) is 36.6 Å². The van der Waals surface area contributed by atoms with Gasteiger partial charge in [0.15, 0.2) is 0 Å². The van der Waals surface area contributed by atoms with Crippen LogP contribution in [-0.2, 0) is 0 Å². The van der Waals surface area contributed by atoms with Crippen LogP contribution in [0.1, 0.15) is 0 Å². The zero-order chi connectivity index (χ0) is 11.1. The molecule has 15 heavy (non-hydrogen) atoms. The molecule has 1 atom stereocenters. The topological polar surface area (TPSA) is 67.3 Å². The number of halogens is 1. The molecule has 0 bridgehead atoms. The molecule has 2 N–H and O–H groups in total. The molecule has 0 radical (unpaired) electrons. The van der Waals surface area contributed by atoms with Gasteiger partial charge in [-0.1, -0.05) is 22.5 Å². The molecular weight excluding hydrogens is 282 g/mol. The summed E-state index contributed by atoms with van der Waals surface area (Å²) in [4.78, 5) is 0. The Bertz CT molecular complexity index is 294. The predicted molar refractivity (Wildman–Crippen MR) is 62.3 cm³/mol. The van der Waals surface area contributed by atoms with Gasteiger partial charge in [-0.05, 0) is 0 Å². The Kier molecular flexibility index (Phi) is 5.77. The fourth-order valence-electron chi connectivity index (χ4n) is 0.835. The molecule has 0 saturated heterocycles. The highest BCUT2D eigenvalue weighted by atomic mass is 79.9. The van der Waals surface area contributed by atoms with E-state index in [0.29, 0.717) is 19.0 Å². The normalized spacial score (nSPS) is 12.4. The molecule has 1 unspecified atom stereocenters. The fraction of sp³-hybridized carbons (Fsp3) is 0.500. The minimum absolute atomic E-state index is 0.202. The average Bonchev–Trinajstić information content (AvgIpc) is 2.66. The summed E-state index contributed by atoms with van der Waals surface area (Å²) in [6.07, 6.45) is 0.948. The molecule has 7 heteroatoms. The highest BCUT2D eigenvalue weighted by Gasteiger charge is 2.05. The second kappa shape index (κ2) is 6.89. The molecule has 0 aliphatic heterocycles. The number of nitrogens with one attached hydrogen (secondary N) is 1. The van der Waals surface area contributed by atoms with Gasteiger partial charge in [0.1, 0.15) is 18.9 Å². The Morgan fingerprint density at radius 1 is 1.80 bits per heavy atom. The molecule has 0 aromatic carbocycles. The van der Waals surface area contributed by atoms with Crippen molar-refractivity contribution < 1.29 is 9.84 Å². The summed E-state index contributed by atoms with van der Waals surface area (Å²) in [5.74, 6) is 0.448. The first kappa shape index (κ1) is 12.6. The minimum atomic E-state index is -0.571. The van der Waals surface area contributed by atoms with E-state index in [4.69, 9.17) is 4.74 Å². The molecule has 5 nitrogen and oxygen atoms in total. The second-order valence-electron chi connectivity index (χ2n) is 2.86. The number of ether oxygens (including phenoxy) is 1. The number of hydrogen-bond donors (Lipinski definition) is 2. The van der Waals surface area contributed by atoms with Gasteiger partial charge in [-0.2, -0.15) is 4.37 Å². The maximum atomic E-state index is 9.48. The van der Waals surface area contributed by atoms with Crippen LogP contribution in [0.5, 0.6) is 5.88 Å². The number of aliphatic hydroxyl groups is 1. The summed E-state index contributed by atoms with van der Waals surface area (Å²) in [5, 5.41) is 12.5. The molecule has 1 heterocycles. The lowest BCUT2D eigenvalue weighted by Crippen LogP contribution is -2.32. The van der Waals surface area contributed by atoms with Gasteiger partial charge in [-0.25, -0.2) is 0 Å². The fourth-order valence-corrected chi connectivity index (χ4v) is 1.40. The Labute approximate surface area is 101 Å². The molecule has 1 aromatic heterocycles. The Morgan fingerprint density at radius 3 is 3.20 bits per heavy atom. The van der Waals surface area contributed by atoms with E-state index in [-0.39, 0.29) is 6.61 Å². The lowest BCUT2D eigenvalue weighted by Gasteiger charge is -2.11. The van der Waals surface area contributed by atoms with Crippen molar-refractivity contribution in [1.82, 2.24) is 14.1 Å². The highest BCUT2D eigenvalue weighted by molar-refractivity contribution is 9.11. The molecule has 1 aromatic rings. The lowest BCUT2D eigenvalue weighted by molar-refractivity contribution is 0.105. The third kappa shape index (κ3) is 5.83. The first-order valence-corrected chi connectivity index (χ1v) is 5.83. The summed E-state index contributed by atoms with van der Waals surface area (Å²) >= 11 is 4.28. The summed E-state index contributed by atoms with van der Waals surface area (Å²) in [6.45, 7) is 4.93. The average molecular weight is 294 g/mol. The van der Waals surface area contributed by atoms with Crippen molar-refractivity contribution in [3.05, 3.63) is 17.3 Å². The first-order chi connectivity index (χ1) is 7.18. The summed E-state index contributed by atoms with van der Waals surface area (Å²) in [6, 6.07) is 0. The Hall–Kier alpha value is -0.500.